The molecule has 1 fully saturated rings. The number of halogens is 1. The number of hydrogen-bond donors (Lipinski definition) is 0. The maximum atomic E-state index is 6.13. The third-order valence-electron chi connectivity index (χ3n) is 1.84. The SMILES string of the molecule is C[Si]1(C)O[Si](C)(C)O[Si](C)(Br)O[Si](C)(C)O1. The summed E-state index contributed by atoms with van der Waals surface area (Å²) in [7, 11) is -8.74. The molecular weight excluding hydrogens is 340 g/mol. The molecule has 0 aliphatic carbocycles. The Morgan fingerprint density at radius 2 is 0.812 bits per heavy atom. The molecule has 0 amide bonds. The van der Waals surface area contributed by atoms with E-state index in [1.807, 2.05) is 32.7 Å². The van der Waals surface area contributed by atoms with Crippen LogP contribution in [0.25, 0.3) is 0 Å². The van der Waals surface area contributed by atoms with Crippen LogP contribution >= 0.6 is 15.3 Å². The monoisotopic (exact) mass is 360 g/mol. The van der Waals surface area contributed by atoms with Crippen LogP contribution in [0.2, 0.25) is 45.8 Å². The van der Waals surface area contributed by atoms with Crippen LogP contribution in [0.5, 0.6) is 0 Å². The van der Waals surface area contributed by atoms with Gasteiger partial charge in [0.15, 0.2) is 0 Å². The fourth-order valence-corrected chi connectivity index (χ4v) is 27.8. The summed E-state index contributed by atoms with van der Waals surface area (Å²) in [6, 6.07) is 0. The van der Waals surface area contributed by atoms with Gasteiger partial charge < -0.3 is 16.5 Å². The van der Waals surface area contributed by atoms with E-state index >= 15 is 0 Å². The topological polar surface area (TPSA) is 36.9 Å². The first-order chi connectivity index (χ1) is 6.83. The largest absolute Gasteiger partial charge is 0.416 e. The van der Waals surface area contributed by atoms with Crippen molar-refractivity contribution in [1.29, 1.82) is 0 Å². The highest BCUT2D eigenvalue weighted by Gasteiger charge is 2.51. The average Bonchev–Trinajstić information content (AvgIpc) is 1.67. The zero-order chi connectivity index (χ0) is 12.8. The van der Waals surface area contributed by atoms with Crippen LogP contribution in [0.15, 0.2) is 0 Å². The first-order valence-electron chi connectivity index (χ1n) is 5.32. The van der Waals surface area contributed by atoms with E-state index in [2.05, 4.69) is 28.4 Å². The molecule has 96 valence electrons. The van der Waals surface area contributed by atoms with E-state index in [9.17, 15) is 0 Å². The molecule has 0 atom stereocenters. The Morgan fingerprint density at radius 1 is 0.562 bits per heavy atom. The van der Waals surface area contributed by atoms with Crippen molar-refractivity contribution >= 4 is 48.2 Å². The minimum atomic E-state index is -2.30. The predicted molar refractivity (Wildman–Crippen MR) is 77.3 cm³/mol. The van der Waals surface area contributed by atoms with Crippen molar-refractivity contribution in [3.05, 3.63) is 0 Å². The van der Waals surface area contributed by atoms with Gasteiger partial charge in [-0.1, -0.05) is 15.3 Å². The molecule has 0 bridgehead atoms. The lowest BCUT2D eigenvalue weighted by atomic mass is 11.9. The third-order valence-corrected chi connectivity index (χ3v) is 19.5. The molecule has 1 rings (SSSR count). The van der Waals surface area contributed by atoms with Crippen molar-refractivity contribution in [2.24, 2.45) is 0 Å². The van der Waals surface area contributed by atoms with Crippen LogP contribution < -0.4 is 0 Å². The number of hydrogen-bond acceptors (Lipinski definition) is 4. The number of rotatable bonds is 0. The molecule has 16 heavy (non-hydrogen) atoms. The maximum absolute atomic E-state index is 6.13. The summed E-state index contributed by atoms with van der Waals surface area (Å²) >= 11 is 3.59. The minimum Gasteiger partial charge on any atom is -0.416 e. The van der Waals surface area contributed by atoms with Crippen LogP contribution in [-0.2, 0) is 16.5 Å². The molecule has 0 saturated carbocycles. The van der Waals surface area contributed by atoms with Crippen molar-refractivity contribution in [2.45, 2.75) is 45.8 Å². The Hall–Kier alpha value is 1.19. The second-order valence-electron chi connectivity index (χ2n) is 5.44. The summed E-state index contributed by atoms with van der Waals surface area (Å²) in [6.07, 6.45) is 0. The molecule has 0 aromatic heterocycles. The zero-order valence-corrected chi connectivity index (χ0v) is 16.6. The Kier molecular flexibility index (Phi) is 4.18. The van der Waals surface area contributed by atoms with E-state index < -0.39 is 32.9 Å². The third kappa shape index (κ3) is 4.82. The van der Waals surface area contributed by atoms with Gasteiger partial charge in [0, 0.05) is 0 Å². The molecular formula is C7H21BrO4Si4. The minimum absolute atomic E-state index is 1.99. The second-order valence-corrected chi connectivity index (χ2v) is 23.1. The summed E-state index contributed by atoms with van der Waals surface area (Å²) in [5, 5.41) is 0. The highest BCUT2D eigenvalue weighted by molar-refractivity contribution is 9.25. The summed E-state index contributed by atoms with van der Waals surface area (Å²) in [4.78, 5) is 0. The van der Waals surface area contributed by atoms with Crippen molar-refractivity contribution in [2.75, 3.05) is 0 Å². The molecule has 9 heteroatoms. The van der Waals surface area contributed by atoms with Gasteiger partial charge in [-0.05, 0) is 45.8 Å². The van der Waals surface area contributed by atoms with Crippen molar-refractivity contribution < 1.29 is 16.5 Å². The fourth-order valence-electron chi connectivity index (χ4n) is 2.15. The Morgan fingerprint density at radius 3 is 1.12 bits per heavy atom. The van der Waals surface area contributed by atoms with Crippen LogP contribution in [0.3, 0.4) is 0 Å². The van der Waals surface area contributed by atoms with E-state index in [4.69, 9.17) is 16.5 Å². The Balaban J connectivity index is 2.98. The zero-order valence-electron chi connectivity index (χ0n) is 11.0. The summed E-state index contributed by atoms with van der Waals surface area (Å²) in [5.41, 5.74) is 0. The van der Waals surface area contributed by atoms with Crippen LogP contribution in [0.4, 0.5) is 0 Å². The smallest absolute Gasteiger partial charge is 0.393 e. The van der Waals surface area contributed by atoms with Gasteiger partial charge in [0.1, 0.15) is 0 Å². The van der Waals surface area contributed by atoms with Gasteiger partial charge in [-0.15, -0.1) is 0 Å². The predicted octanol–water partition coefficient (Wildman–Crippen LogP) is 3.14. The van der Waals surface area contributed by atoms with Crippen LogP contribution in [-0.4, -0.2) is 32.9 Å². The molecule has 0 radical (unpaired) electrons. The van der Waals surface area contributed by atoms with Gasteiger partial charge in [-0.25, -0.2) is 0 Å². The molecule has 4 nitrogen and oxygen atoms in total. The van der Waals surface area contributed by atoms with E-state index in [1.54, 1.807) is 0 Å². The molecule has 1 heterocycles. The lowest BCUT2D eigenvalue weighted by Gasteiger charge is -2.45. The van der Waals surface area contributed by atoms with Crippen LogP contribution in [0.1, 0.15) is 0 Å². The molecule has 1 aliphatic rings. The molecule has 0 aromatic carbocycles. The first-order valence-corrected chi connectivity index (χ1v) is 18.3. The summed E-state index contributed by atoms with van der Waals surface area (Å²) < 4.78 is 24.4. The van der Waals surface area contributed by atoms with Gasteiger partial charge in [0.25, 0.3) is 0 Å². The Bertz CT molecular complexity index is 210. The molecule has 0 N–H and O–H groups in total. The van der Waals surface area contributed by atoms with Gasteiger partial charge in [-0.3, -0.25) is 0 Å². The standard InChI is InChI=1S/C7H21BrO4Si4/c1-13(2)9-14(3,4)11-16(7,8)12-15(5,6)10-13/h1-7H3. The van der Waals surface area contributed by atoms with Gasteiger partial charge in [0.2, 0.25) is 0 Å². The van der Waals surface area contributed by atoms with Gasteiger partial charge in [-0.2, -0.15) is 0 Å². The Labute approximate surface area is 110 Å². The van der Waals surface area contributed by atoms with E-state index in [0.29, 0.717) is 0 Å². The van der Waals surface area contributed by atoms with E-state index in [1.165, 1.54) is 0 Å². The van der Waals surface area contributed by atoms with Gasteiger partial charge in [0.05, 0.1) is 0 Å². The highest BCUT2D eigenvalue weighted by atomic mass is 79.9. The van der Waals surface area contributed by atoms with E-state index in [0.717, 1.165) is 0 Å². The first kappa shape index (κ1) is 15.2. The lowest BCUT2D eigenvalue weighted by Crippen LogP contribution is -2.63. The summed E-state index contributed by atoms with van der Waals surface area (Å²) in [6.45, 7) is 14.3. The molecule has 0 aromatic rings. The molecule has 0 spiro atoms. The van der Waals surface area contributed by atoms with Crippen molar-refractivity contribution in [1.82, 2.24) is 0 Å². The van der Waals surface area contributed by atoms with Crippen molar-refractivity contribution in [3.8, 4) is 0 Å². The lowest BCUT2D eigenvalue weighted by molar-refractivity contribution is 0.248. The highest BCUT2D eigenvalue weighted by Crippen LogP contribution is 2.32. The summed E-state index contributed by atoms with van der Waals surface area (Å²) in [5.74, 6) is 0. The quantitative estimate of drug-likeness (QED) is 0.491. The fraction of sp³-hybridized carbons (Fsp3) is 1.00. The van der Waals surface area contributed by atoms with Crippen LogP contribution in [0, 0.1) is 0 Å². The van der Waals surface area contributed by atoms with E-state index in [-0.39, 0.29) is 0 Å². The normalized spacial score (nSPS) is 31.5. The second kappa shape index (κ2) is 4.38. The molecule has 1 aliphatic heterocycles. The van der Waals surface area contributed by atoms with Crippen molar-refractivity contribution in [3.63, 3.8) is 0 Å². The molecule has 1 saturated heterocycles. The average molecular weight is 361 g/mol. The van der Waals surface area contributed by atoms with Gasteiger partial charge >= 0.3 is 32.9 Å². The maximum Gasteiger partial charge on any atom is 0.393 e. The molecule has 0 unspecified atom stereocenters.